The second kappa shape index (κ2) is 7.15. The molecule has 2 heterocycles. The van der Waals surface area contributed by atoms with Crippen LogP contribution in [0.1, 0.15) is 38.5 Å². The van der Waals surface area contributed by atoms with Gasteiger partial charge in [-0.05, 0) is 24.8 Å². The van der Waals surface area contributed by atoms with Crippen LogP contribution in [0, 0.1) is 5.92 Å². The van der Waals surface area contributed by atoms with Gasteiger partial charge in [0.1, 0.15) is 6.10 Å². The maximum atomic E-state index is 12.4. The van der Waals surface area contributed by atoms with Crippen molar-refractivity contribution >= 4 is 11.7 Å². The number of carbonyl (C=O) groups excluding carboxylic acids is 1. The lowest BCUT2D eigenvalue weighted by Crippen LogP contribution is -2.32. The molecule has 0 unspecified atom stereocenters. The average Bonchev–Trinajstić information content (AvgIpc) is 3.19. The van der Waals surface area contributed by atoms with Gasteiger partial charge in [-0.3, -0.25) is 4.79 Å². The van der Waals surface area contributed by atoms with Crippen LogP contribution in [-0.4, -0.2) is 54.3 Å². The fourth-order valence-electron chi connectivity index (χ4n) is 3.43. The van der Waals surface area contributed by atoms with Crippen molar-refractivity contribution in [3.05, 3.63) is 12.1 Å². The average molecular weight is 318 g/mol. The van der Waals surface area contributed by atoms with E-state index >= 15 is 0 Å². The quantitative estimate of drug-likeness (QED) is 0.832. The van der Waals surface area contributed by atoms with Crippen LogP contribution in [0.15, 0.2) is 12.1 Å². The van der Waals surface area contributed by atoms with Gasteiger partial charge >= 0.3 is 0 Å². The summed E-state index contributed by atoms with van der Waals surface area (Å²) >= 11 is 0. The minimum absolute atomic E-state index is 0.0297. The first-order valence-electron chi connectivity index (χ1n) is 8.57. The molecule has 1 saturated heterocycles. The van der Waals surface area contributed by atoms with Crippen molar-refractivity contribution in [2.75, 3.05) is 32.1 Å². The van der Waals surface area contributed by atoms with E-state index in [2.05, 4.69) is 10.2 Å². The van der Waals surface area contributed by atoms with Gasteiger partial charge in [-0.2, -0.15) is 0 Å². The Morgan fingerprint density at radius 2 is 2.04 bits per heavy atom. The van der Waals surface area contributed by atoms with Crippen LogP contribution < -0.4 is 9.64 Å². The van der Waals surface area contributed by atoms with Gasteiger partial charge in [0.15, 0.2) is 5.82 Å². The van der Waals surface area contributed by atoms with Gasteiger partial charge in [0, 0.05) is 39.5 Å². The van der Waals surface area contributed by atoms with E-state index in [1.165, 1.54) is 25.7 Å². The molecule has 0 radical (unpaired) electrons. The maximum Gasteiger partial charge on any atom is 0.233 e. The molecule has 1 amide bonds. The number of hydrogen-bond donors (Lipinski definition) is 0. The number of carbonyl (C=O) groups is 1. The van der Waals surface area contributed by atoms with Crippen LogP contribution in [0.4, 0.5) is 5.82 Å². The molecule has 0 spiro atoms. The number of likely N-dealkylation sites (tertiary alicyclic amines) is 1. The highest BCUT2D eigenvalue weighted by Crippen LogP contribution is 2.29. The monoisotopic (exact) mass is 318 g/mol. The summed E-state index contributed by atoms with van der Waals surface area (Å²) in [6.07, 6.45) is 6.61. The molecule has 23 heavy (non-hydrogen) atoms. The van der Waals surface area contributed by atoms with E-state index in [9.17, 15) is 4.79 Å². The number of hydrogen-bond acceptors (Lipinski definition) is 5. The predicted octanol–water partition coefficient (Wildman–Crippen LogP) is 2.10. The number of nitrogens with zero attached hydrogens (tertiary/aromatic N) is 4. The third kappa shape index (κ3) is 4.12. The fraction of sp³-hybridized carbons (Fsp3) is 0.706. The van der Waals surface area contributed by atoms with Crippen molar-refractivity contribution in [3.63, 3.8) is 0 Å². The number of ether oxygens (including phenoxy) is 1. The van der Waals surface area contributed by atoms with Crippen molar-refractivity contribution < 1.29 is 9.53 Å². The van der Waals surface area contributed by atoms with E-state index in [-0.39, 0.29) is 12.0 Å². The molecule has 3 rings (SSSR count). The molecule has 1 atom stereocenters. The minimum atomic E-state index is 0.0297. The molecule has 1 aliphatic heterocycles. The fourth-order valence-corrected chi connectivity index (χ4v) is 3.43. The minimum Gasteiger partial charge on any atom is -0.471 e. The Labute approximate surface area is 137 Å². The van der Waals surface area contributed by atoms with Crippen molar-refractivity contribution in [1.29, 1.82) is 0 Å². The lowest BCUT2D eigenvalue weighted by atomic mass is 10.0. The maximum absolute atomic E-state index is 12.4. The summed E-state index contributed by atoms with van der Waals surface area (Å²) in [5, 5.41) is 8.21. The summed E-state index contributed by atoms with van der Waals surface area (Å²) in [5.74, 6) is 2.23. The topological polar surface area (TPSA) is 58.6 Å². The zero-order valence-electron chi connectivity index (χ0n) is 14.1. The van der Waals surface area contributed by atoms with Gasteiger partial charge in [0.25, 0.3) is 0 Å². The van der Waals surface area contributed by atoms with Crippen molar-refractivity contribution in [2.24, 2.45) is 5.92 Å². The van der Waals surface area contributed by atoms with E-state index in [1.807, 2.05) is 36.0 Å². The Bertz CT molecular complexity index is 526. The van der Waals surface area contributed by atoms with E-state index in [4.69, 9.17) is 4.74 Å². The van der Waals surface area contributed by atoms with Crippen LogP contribution in [0.3, 0.4) is 0 Å². The lowest BCUT2D eigenvalue weighted by Gasteiger charge is -2.19. The SMILES string of the molecule is CN(C)c1ccc(O[C@H]2CCN(C(=O)CC3CCCC3)C2)nn1. The van der Waals surface area contributed by atoms with Crippen molar-refractivity contribution in [1.82, 2.24) is 15.1 Å². The molecule has 1 aliphatic carbocycles. The van der Waals surface area contributed by atoms with Crippen molar-refractivity contribution in [3.8, 4) is 5.88 Å². The number of anilines is 1. The standard InChI is InChI=1S/C17H26N4O2/c1-20(2)15-7-8-16(19-18-15)23-14-9-10-21(12-14)17(22)11-13-5-3-4-6-13/h7-8,13-14H,3-6,9-12H2,1-2H3/t14-/m0/s1. The summed E-state index contributed by atoms with van der Waals surface area (Å²) in [7, 11) is 3.85. The van der Waals surface area contributed by atoms with E-state index < -0.39 is 0 Å². The third-order valence-corrected chi connectivity index (χ3v) is 4.81. The van der Waals surface area contributed by atoms with Crippen LogP contribution >= 0.6 is 0 Å². The van der Waals surface area contributed by atoms with Gasteiger partial charge in [0.05, 0.1) is 6.54 Å². The first-order valence-corrected chi connectivity index (χ1v) is 8.57. The highest BCUT2D eigenvalue weighted by Gasteiger charge is 2.29. The van der Waals surface area contributed by atoms with Gasteiger partial charge in [-0.15, -0.1) is 10.2 Å². The molecular weight excluding hydrogens is 292 g/mol. The smallest absolute Gasteiger partial charge is 0.233 e. The Morgan fingerprint density at radius 3 is 2.70 bits per heavy atom. The van der Waals surface area contributed by atoms with Gasteiger partial charge in [-0.25, -0.2) is 0 Å². The van der Waals surface area contributed by atoms with E-state index in [0.717, 1.165) is 18.8 Å². The first-order chi connectivity index (χ1) is 11.1. The van der Waals surface area contributed by atoms with Gasteiger partial charge < -0.3 is 14.5 Å². The molecule has 6 nitrogen and oxygen atoms in total. The second-order valence-electron chi connectivity index (χ2n) is 6.85. The molecule has 1 aromatic rings. The van der Waals surface area contributed by atoms with Crippen molar-refractivity contribution in [2.45, 2.75) is 44.6 Å². The number of aromatic nitrogens is 2. The van der Waals surface area contributed by atoms with Crippen LogP contribution in [-0.2, 0) is 4.79 Å². The summed E-state index contributed by atoms with van der Waals surface area (Å²) in [4.78, 5) is 16.2. The molecule has 1 saturated carbocycles. The predicted molar refractivity (Wildman–Crippen MR) is 88.5 cm³/mol. The van der Waals surface area contributed by atoms with Gasteiger partial charge in [0.2, 0.25) is 11.8 Å². The summed E-state index contributed by atoms with van der Waals surface area (Å²) < 4.78 is 5.87. The molecular formula is C17H26N4O2. The largest absolute Gasteiger partial charge is 0.471 e. The number of amides is 1. The summed E-state index contributed by atoms with van der Waals surface area (Å²) in [6, 6.07) is 3.73. The molecule has 126 valence electrons. The van der Waals surface area contributed by atoms with Crippen LogP contribution in [0.2, 0.25) is 0 Å². The highest BCUT2D eigenvalue weighted by molar-refractivity contribution is 5.76. The summed E-state index contributed by atoms with van der Waals surface area (Å²) in [6.45, 7) is 1.46. The highest BCUT2D eigenvalue weighted by atomic mass is 16.5. The molecule has 0 bridgehead atoms. The lowest BCUT2D eigenvalue weighted by molar-refractivity contribution is -0.131. The van der Waals surface area contributed by atoms with E-state index in [1.54, 1.807) is 0 Å². The number of rotatable bonds is 5. The Balaban J connectivity index is 1.48. The van der Waals surface area contributed by atoms with Crippen LogP contribution in [0.5, 0.6) is 5.88 Å². The normalized spacial score (nSPS) is 21.7. The third-order valence-electron chi connectivity index (χ3n) is 4.81. The molecule has 0 N–H and O–H groups in total. The van der Waals surface area contributed by atoms with E-state index in [0.29, 0.717) is 24.8 Å². The molecule has 0 aromatic carbocycles. The molecule has 6 heteroatoms. The van der Waals surface area contributed by atoms with Crippen LogP contribution in [0.25, 0.3) is 0 Å². The Kier molecular flexibility index (Phi) is 4.98. The molecule has 2 aliphatic rings. The molecule has 1 aromatic heterocycles. The Hall–Kier alpha value is -1.85. The van der Waals surface area contributed by atoms with Gasteiger partial charge in [-0.1, -0.05) is 12.8 Å². The first kappa shape index (κ1) is 16.0. The second-order valence-corrected chi connectivity index (χ2v) is 6.85. The summed E-state index contributed by atoms with van der Waals surface area (Å²) in [5.41, 5.74) is 0. The molecule has 2 fully saturated rings. The zero-order valence-corrected chi connectivity index (χ0v) is 14.1. The zero-order chi connectivity index (χ0) is 16.2. The Morgan fingerprint density at radius 1 is 1.26 bits per heavy atom.